The first-order chi connectivity index (χ1) is 9.37. The minimum Gasteiger partial charge on any atom is -0.0996 e. The predicted octanol–water partition coefficient (Wildman–Crippen LogP) is 5.98. The van der Waals surface area contributed by atoms with Crippen LogP contribution < -0.4 is 0 Å². The van der Waals surface area contributed by atoms with Crippen LogP contribution in [-0.2, 0) is 0 Å². The summed E-state index contributed by atoms with van der Waals surface area (Å²) in [5, 5.41) is 0. The van der Waals surface area contributed by atoms with Crippen LogP contribution >= 0.6 is 0 Å². The molecular weight excluding hydrogens is 240 g/mol. The van der Waals surface area contributed by atoms with E-state index in [4.69, 9.17) is 0 Å². The Bertz CT molecular complexity index is 445. The monoisotopic (exact) mass is 272 g/mol. The molecule has 0 unspecified atom stereocenters. The fourth-order valence-electron chi connectivity index (χ4n) is 7.56. The number of hydrogen-bond acceptors (Lipinski definition) is 0. The third-order valence-corrected chi connectivity index (χ3v) is 8.41. The molecule has 0 aromatic rings. The molecule has 5 rings (SSSR count). The Morgan fingerprint density at radius 3 is 2.45 bits per heavy atom. The summed E-state index contributed by atoms with van der Waals surface area (Å²) >= 11 is 0. The molecular formula is C20H32. The Hall–Kier alpha value is -0.260. The topological polar surface area (TPSA) is 0 Å². The summed E-state index contributed by atoms with van der Waals surface area (Å²) in [4.78, 5) is 0. The molecule has 0 amide bonds. The maximum absolute atomic E-state index is 4.44. The molecule has 0 nitrogen and oxygen atoms in total. The van der Waals surface area contributed by atoms with E-state index in [0.29, 0.717) is 16.2 Å². The minimum atomic E-state index is 0.586. The van der Waals surface area contributed by atoms with Crippen LogP contribution in [0.2, 0.25) is 0 Å². The molecule has 5 fully saturated rings. The van der Waals surface area contributed by atoms with Crippen LogP contribution in [-0.4, -0.2) is 0 Å². The first-order valence-corrected chi connectivity index (χ1v) is 9.05. The molecule has 0 heteroatoms. The van der Waals surface area contributed by atoms with Crippen molar-refractivity contribution < 1.29 is 0 Å². The van der Waals surface area contributed by atoms with Gasteiger partial charge in [0.2, 0.25) is 0 Å². The first kappa shape index (κ1) is 13.4. The van der Waals surface area contributed by atoms with E-state index < -0.39 is 0 Å². The largest absolute Gasteiger partial charge is 0.0996 e. The van der Waals surface area contributed by atoms with Crippen molar-refractivity contribution in [3.05, 3.63) is 12.2 Å². The van der Waals surface area contributed by atoms with Crippen LogP contribution in [0.15, 0.2) is 12.2 Å². The van der Waals surface area contributed by atoms with Gasteiger partial charge in [-0.05, 0) is 85.4 Å². The second-order valence-electron chi connectivity index (χ2n) is 9.66. The summed E-state index contributed by atoms with van der Waals surface area (Å²) in [5.41, 5.74) is 3.51. The van der Waals surface area contributed by atoms with Gasteiger partial charge in [0.15, 0.2) is 0 Å². The molecule has 0 radical (unpaired) electrons. The highest BCUT2D eigenvalue weighted by molar-refractivity contribution is 5.21. The molecule has 2 bridgehead atoms. The van der Waals surface area contributed by atoms with Gasteiger partial charge in [0.25, 0.3) is 0 Å². The summed E-state index contributed by atoms with van der Waals surface area (Å²) < 4.78 is 0. The van der Waals surface area contributed by atoms with E-state index in [0.717, 1.165) is 17.8 Å². The zero-order valence-electron chi connectivity index (χ0n) is 13.8. The molecule has 5 aliphatic carbocycles. The molecule has 0 N–H and O–H groups in total. The van der Waals surface area contributed by atoms with Crippen LogP contribution in [0.3, 0.4) is 0 Å². The summed E-state index contributed by atoms with van der Waals surface area (Å²) in [6.07, 6.45) is 13.3. The van der Waals surface area contributed by atoms with Gasteiger partial charge in [-0.2, -0.15) is 0 Å². The van der Waals surface area contributed by atoms with Crippen LogP contribution in [0.4, 0.5) is 0 Å². The van der Waals surface area contributed by atoms with E-state index in [1.165, 1.54) is 57.8 Å². The highest BCUT2D eigenvalue weighted by Gasteiger charge is 2.62. The van der Waals surface area contributed by atoms with E-state index in [-0.39, 0.29) is 0 Å². The summed E-state index contributed by atoms with van der Waals surface area (Å²) in [6, 6.07) is 0. The predicted molar refractivity (Wildman–Crippen MR) is 85.5 cm³/mol. The number of allylic oxidation sites excluding steroid dienone is 1. The van der Waals surface area contributed by atoms with Gasteiger partial charge < -0.3 is 0 Å². The fourth-order valence-corrected chi connectivity index (χ4v) is 7.56. The fraction of sp³-hybridized carbons (Fsp3) is 0.900. The molecule has 1 spiro atoms. The highest BCUT2D eigenvalue weighted by atomic mass is 14.7. The Morgan fingerprint density at radius 1 is 0.950 bits per heavy atom. The number of rotatable bonds is 0. The standard InChI is InChI=1S/C20H32/c1-14-13-20-10-6-15(14)12-17(20)19(4)9-5-8-18(2,3)16(19)7-11-20/h15-17H,1,5-13H2,2-4H3/t15-,16-,17+,19+,20+/m0/s1. The van der Waals surface area contributed by atoms with E-state index in [1.54, 1.807) is 5.57 Å². The van der Waals surface area contributed by atoms with Gasteiger partial charge >= 0.3 is 0 Å². The molecule has 112 valence electrons. The van der Waals surface area contributed by atoms with Gasteiger partial charge in [0.05, 0.1) is 0 Å². The number of hydrogen-bond donors (Lipinski definition) is 0. The van der Waals surface area contributed by atoms with Gasteiger partial charge in [-0.15, -0.1) is 0 Å². The third kappa shape index (κ3) is 1.54. The quantitative estimate of drug-likeness (QED) is 0.476. The van der Waals surface area contributed by atoms with Crippen LogP contribution in [0.1, 0.15) is 78.6 Å². The highest BCUT2D eigenvalue weighted by Crippen LogP contribution is 2.71. The van der Waals surface area contributed by atoms with Gasteiger partial charge in [0, 0.05) is 0 Å². The zero-order chi connectivity index (χ0) is 14.2. The van der Waals surface area contributed by atoms with Gasteiger partial charge in [-0.3, -0.25) is 0 Å². The number of fused-ring (bicyclic) bond motifs is 3. The first-order valence-electron chi connectivity index (χ1n) is 9.05. The Morgan fingerprint density at radius 2 is 1.70 bits per heavy atom. The molecule has 0 heterocycles. The van der Waals surface area contributed by atoms with Crippen molar-refractivity contribution in [3.8, 4) is 0 Å². The maximum Gasteiger partial charge on any atom is -0.0202 e. The summed E-state index contributed by atoms with van der Waals surface area (Å²) in [5.74, 6) is 2.87. The van der Waals surface area contributed by atoms with Crippen LogP contribution in [0.5, 0.6) is 0 Å². The zero-order valence-corrected chi connectivity index (χ0v) is 13.8. The maximum atomic E-state index is 4.44. The van der Waals surface area contributed by atoms with E-state index >= 15 is 0 Å². The van der Waals surface area contributed by atoms with Crippen molar-refractivity contribution in [2.24, 2.45) is 34.0 Å². The lowest BCUT2D eigenvalue weighted by Crippen LogP contribution is -2.59. The smallest absolute Gasteiger partial charge is 0.0202 e. The van der Waals surface area contributed by atoms with Gasteiger partial charge in [0.1, 0.15) is 0 Å². The lowest BCUT2D eigenvalue weighted by atomic mass is 9.37. The van der Waals surface area contributed by atoms with Crippen molar-refractivity contribution in [2.75, 3.05) is 0 Å². The second-order valence-corrected chi connectivity index (χ2v) is 9.66. The third-order valence-electron chi connectivity index (χ3n) is 8.41. The van der Waals surface area contributed by atoms with E-state index in [1.807, 2.05) is 0 Å². The second kappa shape index (κ2) is 3.93. The normalized spacial score (nSPS) is 53.4. The Balaban J connectivity index is 1.75. The lowest BCUT2D eigenvalue weighted by Gasteiger charge is -2.68. The van der Waals surface area contributed by atoms with Crippen molar-refractivity contribution in [1.82, 2.24) is 0 Å². The van der Waals surface area contributed by atoms with E-state index in [2.05, 4.69) is 27.4 Å². The Labute approximate surface area is 125 Å². The molecule has 5 saturated carbocycles. The van der Waals surface area contributed by atoms with Gasteiger partial charge in [-0.1, -0.05) is 39.3 Å². The molecule has 0 aromatic carbocycles. The average molecular weight is 272 g/mol. The van der Waals surface area contributed by atoms with Crippen molar-refractivity contribution in [2.45, 2.75) is 78.6 Å². The molecule has 5 aliphatic rings. The molecule has 0 aromatic heterocycles. The summed E-state index contributed by atoms with van der Waals surface area (Å²) in [6.45, 7) is 12.3. The molecule has 0 saturated heterocycles. The molecule has 5 atom stereocenters. The lowest BCUT2D eigenvalue weighted by molar-refractivity contribution is -0.167. The minimum absolute atomic E-state index is 0.586. The van der Waals surface area contributed by atoms with Crippen molar-refractivity contribution >= 4 is 0 Å². The molecule has 0 aliphatic heterocycles. The Kier molecular flexibility index (Phi) is 2.63. The van der Waals surface area contributed by atoms with Crippen LogP contribution in [0.25, 0.3) is 0 Å². The molecule has 20 heavy (non-hydrogen) atoms. The van der Waals surface area contributed by atoms with Crippen LogP contribution in [0, 0.1) is 34.0 Å². The van der Waals surface area contributed by atoms with Crippen molar-refractivity contribution in [3.63, 3.8) is 0 Å². The average Bonchev–Trinajstić information content (AvgIpc) is 2.37. The van der Waals surface area contributed by atoms with Gasteiger partial charge in [-0.25, -0.2) is 0 Å². The van der Waals surface area contributed by atoms with E-state index in [9.17, 15) is 0 Å². The SMILES string of the molecule is C=C1C[C@]23CC[C@H]1C[C@@H]2[C@]1(C)CCCC(C)(C)[C@@H]1CC3. The van der Waals surface area contributed by atoms with Crippen molar-refractivity contribution in [1.29, 1.82) is 0 Å². The summed E-state index contributed by atoms with van der Waals surface area (Å²) in [7, 11) is 0.